The number of rotatable bonds is 5. The van der Waals surface area contributed by atoms with Crippen LogP contribution in [0.15, 0.2) is 18.2 Å². The second kappa shape index (κ2) is 6.19. The predicted octanol–water partition coefficient (Wildman–Crippen LogP) is 2.79. The summed E-state index contributed by atoms with van der Waals surface area (Å²) in [5.41, 5.74) is 0.0370. The van der Waals surface area contributed by atoms with Crippen LogP contribution < -0.4 is 5.32 Å². The second-order valence-corrected chi connectivity index (χ2v) is 5.73. The molecule has 0 amide bonds. The summed E-state index contributed by atoms with van der Waals surface area (Å²) in [4.78, 5) is 15.3. The molecule has 0 bridgehead atoms. The molecule has 0 saturated heterocycles. The van der Waals surface area contributed by atoms with Crippen LogP contribution in [0.3, 0.4) is 0 Å². The van der Waals surface area contributed by atoms with Gasteiger partial charge in [0.1, 0.15) is 11.9 Å². The standard InChI is InChI=1S/C15H18F3N3O2/c1-8(2)13(14(22)23)19-7-12-20-10-6-9(15(16,17)18)4-5-11(10)21(12)3/h4-6,8,13,19H,7H2,1-3H3,(H,22,23)/t13-/m0/s1. The highest BCUT2D eigenvalue weighted by Crippen LogP contribution is 2.31. The van der Waals surface area contributed by atoms with Crippen LogP contribution in [0.1, 0.15) is 25.2 Å². The van der Waals surface area contributed by atoms with Gasteiger partial charge in [-0.25, -0.2) is 4.98 Å². The van der Waals surface area contributed by atoms with Crippen molar-refractivity contribution in [1.82, 2.24) is 14.9 Å². The molecular formula is C15H18F3N3O2. The zero-order chi connectivity index (χ0) is 17.4. The number of carboxylic acids is 1. The monoisotopic (exact) mass is 329 g/mol. The fourth-order valence-corrected chi connectivity index (χ4v) is 2.39. The molecule has 1 atom stereocenters. The molecule has 0 aliphatic carbocycles. The normalized spacial score (nSPS) is 13.7. The fourth-order valence-electron chi connectivity index (χ4n) is 2.39. The maximum atomic E-state index is 12.7. The first-order chi connectivity index (χ1) is 10.6. The first kappa shape index (κ1) is 17.3. The van der Waals surface area contributed by atoms with Gasteiger partial charge >= 0.3 is 12.1 Å². The average molecular weight is 329 g/mol. The van der Waals surface area contributed by atoms with E-state index in [-0.39, 0.29) is 18.0 Å². The summed E-state index contributed by atoms with van der Waals surface area (Å²) in [7, 11) is 1.69. The number of aryl methyl sites for hydroxylation is 1. The molecule has 0 unspecified atom stereocenters. The molecule has 0 aliphatic heterocycles. The van der Waals surface area contributed by atoms with Gasteiger partial charge in [0.2, 0.25) is 0 Å². The molecule has 126 valence electrons. The molecule has 2 N–H and O–H groups in total. The molecule has 2 rings (SSSR count). The van der Waals surface area contributed by atoms with Gasteiger partial charge in [-0.05, 0) is 24.1 Å². The molecule has 23 heavy (non-hydrogen) atoms. The van der Waals surface area contributed by atoms with E-state index in [0.717, 1.165) is 12.1 Å². The van der Waals surface area contributed by atoms with Gasteiger partial charge < -0.3 is 9.67 Å². The Morgan fingerprint density at radius 1 is 1.39 bits per heavy atom. The topological polar surface area (TPSA) is 67.2 Å². The Hall–Kier alpha value is -2.09. The highest BCUT2D eigenvalue weighted by molar-refractivity contribution is 5.77. The maximum absolute atomic E-state index is 12.7. The molecule has 1 heterocycles. The van der Waals surface area contributed by atoms with Crippen molar-refractivity contribution < 1.29 is 23.1 Å². The number of carboxylic acid groups (broad SMARTS) is 1. The molecule has 0 fully saturated rings. The highest BCUT2D eigenvalue weighted by atomic mass is 19.4. The number of fused-ring (bicyclic) bond motifs is 1. The third kappa shape index (κ3) is 3.64. The predicted molar refractivity (Wildman–Crippen MR) is 78.8 cm³/mol. The summed E-state index contributed by atoms with van der Waals surface area (Å²) in [6.45, 7) is 3.70. The number of aliphatic carboxylic acids is 1. The van der Waals surface area contributed by atoms with E-state index >= 15 is 0 Å². The van der Waals surface area contributed by atoms with Crippen molar-refractivity contribution in [3.8, 4) is 0 Å². The van der Waals surface area contributed by atoms with Crippen molar-refractivity contribution >= 4 is 17.0 Å². The van der Waals surface area contributed by atoms with Crippen LogP contribution in [0.25, 0.3) is 11.0 Å². The number of aromatic nitrogens is 2. The number of nitrogens with zero attached hydrogens (tertiary/aromatic N) is 2. The van der Waals surface area contributed by atoms with E-state index in [1.165, 1.54) is 6.07 Å². The molecule has 1 aromatic heterocycles. The van der Waals surface area contributed by atoms with Crippen LogP contribution >= 0.6 is 0 Å². The van der Waals surface area contributed by atoms with Crippen molar-refractivity contribution in [2.45, 2.75) is 32.6 Å². The Morgan fingerprint density at radius 3 is 2.57 bits per heavy atom. The smallest absolute Gasteiger partial charge is 0.416 e. The lowest BCUT2D eigenvalue weighted by atomic mass is 10.1. The Morgan fingerprint density at radius 2 is 2.04 bits per heavy atom. The lowest BCUT2D eigenvalue weighted by molar-refractivity contribution is -0.140. The number of carbonyl (C=O) groups is 1. The van der Waals surface area contributed by atoms with Gasteiger partial charge in [0.15, 0.2) is 0 Å². The Kier molecular flexibility index (Phi) is 4.65. The van der Waals surface area contributed by atoms with Crippen molar-refractivity contribution in [3.05, 3.63) is 29.6 Å². The van der Waals surface area contributed by atoms with Crippen LogP contribution in [-0.4, -0.2) is 26.7 Å². The van der Waals surface area contributed by atoms with E-state index in [1.54, 1.807) is 25.5 Å². The number of benzene rings is 1. The minimum atomic E-state index is -4.42. The molecule has 2 aromatic rings. The summed E-state index contributed by atoms with van der Waals surface area (Å²) in [5.74, 6) is -0.622. The Labute approximate surface area is 131 Å². The van der Waals surface area contributed by atoms with Gasteiger partial charge in [0.25, 0.3) is 0 Å². The third-order valence-electron chi connectivity index (χ3n) is 3.71. The molecule has 8 heteroatoms. The molecule has 0 aliphatic rings. The molecular weight excluding hydrogens is 311 g/mol. The van der Waals surface area contributed by atoms with Crippen LogP contribution in [0.2, 0.25) is 0 Å². The summed E-state index contributed by atoms with van der Waals surface area (Å²) < 4.78 is 39.9. The molecule has 1 aromatic carbocycles. The van der Waals surface area contributed by atoms with E-state index in [2.05, 4.69) is 10.3 Å². The van der Waals surface area contributed by atoms with Crippen LogP contribution in [0.4, 0.5) is 13.2 Å². The minimum absolute atomic E-state index is 0.126. The Balaban J connectivity index is 2.28. The Bertz CT molecular complexity index is 723. The first-order valence-electron chi connectivity index (χ1n) is 7.10. The molecule has 0 radical (unpaired) electrons. The maximum Gasteiger partial charge on any atom is 0.416 e. The van der Waals surface area contributed by atoms with E-state index < -0.39 is 23.8 Å². The summed E-state index contributed by atoms with van der Waals surface area (Å²) in [5, 5.41) is 12.0. The van der Waals surface area contributed by atoms with Crippen LogP contribution in [0, 0.1) is 5.92 Å². The van der Waals surface area contributed by atoms with E-state index in [1.807, 2.05) is 0 Å². The van der Waals surface area contributed by atoms with Gasteiger partial charge in [-0.2, -0.15) is 13.2 Å². The molecule has 0 spiro atoms. The van der Waals surface area contributed by atoms with Crippen molar-refractivity contribution in [2.75, 3.05) is 0 Å². The number of halogens is 3. The van der Waals surface area contributed by atoms with Gasteiger partial charge in [-0.15, -0.1) is 0 Å². The number of hydrogen-bond donors (Lipinski definition) is 2. The van der Waals surface area contributed by atoms with Gasteiger partial charge in [0, 0.05) is 7.05 Å². The van der Waals surface area contributed by atoms with Crippen LogP contribution in [0.5, 0.6) is 0 Å². The lowest BCUT2D eigenvalue weighted by Gasteiger charge is -2.17. The fraction of sp³-hybridized carbons (Fsp3) is 0.467. The van der Waals surface area contributed by atoms with Gasteiger partial charge in [-0.1, -0.05) is 13.8 Å². The van der Waals surface area contributed by atoms with Crippen LogP contribution in [-0.2, 0) is 24.6 Å². The summed E-state index contributed by atoms with van der Waals surface area (Å²) >= 11 is 0. The van der Waals surface area contributed by atoms with Gasteiger partial charge in [0.05, 0.1) is 23.1 Å². The van der Waals surface area contributed by atoms with E-state index in [0.29, 0.717) is 11.3 Å². The first-order valence-corrected chi connectivity index (χ1v) is 7.10. The zero-order valence-corrected chi connectivity index (χ0v) is 13.0. The number of hydrogen-bond acceptors (Lipinski definition) is 3. The zero-order valence-electron chi connectivity index (χ0n) is 13.0. The third-order valence-corrected chi connectivity index (χ3v) is 3.71. The quantitative estimate of drug-likeness (QED) is 0.885. The van der Waals surface area contributed by atoms with E-state index in [9.17, 15) is 18.0 Å². The average Bonchev–Trinajstić information content (AvgIpc) is 2.73. The SMILES string of the molecule is CC(C)[C@H](NCc1nc2cc(C(F)(F)F)ccc2n1C)C(=O)O. The highest BCUT2D eigenvalue weighted by Gasteiger charge is 2.31. The number of nitrogens with one attached hydrogen (secondary N) is 1. The van der Waals surface area contributed by atoms with Gasteiger partial charge in [-0.3, -0.25) is 10.1 Å². The summed E-state index contributed by atoms with van der Waals surface area (Å²) in [6.07, 6.45) is -4.42. The summed E-state index contributed by atoms with van der Waals surface area (Å²) in [6, 6.07) is 2.62. The second-order valence-electron chi connectivity index (χ2n) is 5.73. The molecule has 5 nitrogen and oxygen atoms in total. The molecule has 0 saturated carbocycles. The largest absolute Gasteiger partial charge is 0.480 e. The number of alkyl halides is 3. The van der Waals surface area contributed by atoms with Crippen molar-refractivity contribution in [2.24, 2.45) is 13.0 Å². The van der Waals surface area contributed by atoms with Crippen molar-refractivity contribution in [1.29, 1.82) is 0 Å². The lowest BCUT2D eigenvalue weighted by Crippen LogP contribution is -2.40. The van der Waals surface area contributed by atoms with E-state index in [4.69, 9.17) is 5.11 Å². The number of imidazole rings is 1. The minimum Gasteiger partial charge on any atom is -0.480 e. The van der Waals surface area contributed by atoms with Crippen molar-refractivity contribution in [3.63, 3.8) is 0 Å².